The monoisotopic (exact) mass is 318 g/mol. The van der Waals surface area contributed by atoms with Crippen LogP contribution in [0.5, 0.6) is 0 Å². The Labute approximate surface area is 135 Å². The second kappa shape index (κ2) is 8.15. The fourth-order valence-electron chi connectivity index (χ4n) is 2.08. The van der Waals surface area contributed by atoms with E-state index in [1.807, 2.05) is 44.2 Å². The van der Waals surface area contributed by atoms with Crippen LogP contribution in [0.3, 0.4) is 0 Å². The highest BCUT2D eigenvalue weighted by Gasteiger charge is 2.13. The molecule has 2 N–H and O–H groups in total. The number of rotatable bonds is 7. The molecule has 2 rings (SSSR count). The molecule has 1 aromatic heterocycles. The minimum Gasteiger partial charge on any atom is -0.391 e. The molecule has 0 bridgehead atoms. The fourth-order valence-corrected chi connectivity index (χ4v) is 2.93. The number of carbonyl (C=O) groups is 1. The summed E-state index contributed by atoms with van der Waals surface area (Å²) in [6, 6.07) is 9.96. The number of thioether (sulfide) groups is 1. The van der Waals surface area contributed by atoms with Gasteiger partial charge in [0, 0.05) is 18.1 Å². The molecular formula is C17H22N2O2S. The van der Waals surface area contributed by atoms with E-state index in [2.05, 4.69) is 10.3 Å². The number of nitrogens with zero attached hydrogens (tertiary/aromatic N) is 1. The van der Waals surface area contributed by atoms with Crippen LogP contribution < -0.4 is 5.32 Å². The Bertz CT molecular complexity index is 628. The molecule has 0 spiro atoms. The number of aliphatic hydroxyl groups is 1. The molecule has 5 heteroatoms. The lowest BCUT2D eigenvalue weighted by atomic mass is 10.0. The van der Waals surface area contributed by atoms with Crippen LogP contribution in [0.1, 0.15) is 20.3 Å². The maximum Gasteiger partial charge on any atom is 0.230 e. The van der Waals surface area contributed by atoms with Gasteiger partial charge in [0.1, 0.15) is 5.03 Å². The lowest BCUT2D eigenvalue weighted by molar-refractivity contribution is -0.119. The number of aliphatic hydroxyl groups excluding tert-OH is 1. The van der Waals surface area contributed by atoms with E-state index in [1.165, 1.54) is 11.8 Å². The van der Waals surface area contributed by atoms with Crippen molar-refractivity contribution in [2.45, 2.75) is 31.4 Å². The average molecular weight is 318 g/mol. The smallest absolute Gasteiger partial charge is 0.230 e. The molecule has 1 heterocycles. The summed E-state index contributed by atoms with van der Waals surface area (Å²) in [5, 5.41) is 15.7. The summed E-state index contributed by atoms with van der Waals surface area (Å²) in [5.41, 5.74) is 0. The molecule has 0 fully saturated rings. The molecule has 22 heavy (non-hydrogen) atoms. The molecule has 2 atom stereocenters. The third-order valence-electron chi connectivity index (χ3n) is 3.79. The topological polar surface area (TPSA) is 62.2 Å². The molecule has 0 aliphatic carbocycles. The van der Waals surface area contributed by atoms with Crippen molar-refractivity contribution in [1.82, 2.24) is 10.3 Å². The van der Waals surface area contributed by atoms with Gasteiger partial charge in [0.05, 0.1) is 11.9 Å². The van der Waals surface area contributed by atoms with Crippen LogP contribution in [-0.4, -0.2) is 34.4 Å². The van der Waals surface area contributed by atoms with Crippen molar-refractivity contribution in [3.8, 4) is 0 Å². The summed E-state index contributed by atoms with van der Waals surface area (Å²) in [7, 11) is 0. The molecule has 0 saturated carbocycles. The zero-order chi connectivity index (χ0) is 15.9. The van der Waals surface area contributed by atoms with E-state index in [0.717, 1.165) is 22.2 Å². The summed E-state index contributed by atoms with van der Waals surface area (Å²) in [6.07, 6.45) is 2.16. The number of carbonyl (C=O) groups excluding carboxylic acids is 1. The first-order valence-corrected chi connectivity index (χ1v) is 8.51. The number of hydrogen-bond acceptors (Lipinski definition) is 4. The van der Waals surface area contributed by atoms with Gasteiger partial charge in [0.2, 0.25) is 5.91 Å². The van der Waals surface area contributed by atoms with E-state index in [9.17, 15) is 9.90 Å². The van der Waals surface area contributed by atoms with Crippen LogP contribution in [0.15, 0.2) is 41.6 Å². The van der Waals surface area contributed by atoms with Gasteiger partial charge >= 0.3 is 0 Å². The molecule has 0 aliphatic heterocycles. The van der Waals surface area contributed by atoms with Gasteiger partial charge in [-0.3, -0.25) is 4.79 Å². The first-order valence-electron chi connectivity index (χ1n) is 7.53. The van der Waals surface area contributed by atoms with E-state index in [1.54, 1.807) is 6.20 Å². The Morgan fingerprint density at radius 1 is 1.36 bits per heavy atom. The van der Waals surface area contributed by atoms with Crippen molar-refractivity contribution in [1.29, 1.82) is 0 Å². The Morgan fingerprint density at radius 2 is 2.14 bits per heavy atom. The van der Waals surface area contributed by atoms with E-state index in [0.29, 0.717) is 12.3 Å². The molecule has 2 aromatic rings. The summed E-state index contributed by atoms with van der Waals surface area (Å²) >= 11 is 1.42. The zero-order valence-corrected chi connectivity index (χ0v) is 13.8. The fraction of sp³-hybridized carbons (Fsp3) is 0.412. The second-order valence-corrected chi connectivity index (χ2v) is 6.35. The maximum absolute atomic E-state index is 11.9. The van der Waals surface area contributed by atoms with Crippen LogP contribution in [0.2, 0.25) is 0 Å². The predicted octanol–water partition coefficient (Wildman–Crippen LogP) is 2.85. The van der Waals surface area contributed by atoms with Gasteiger partial charge in [-0.05, 0) is 17.4 Å². The first-order chi connectivity index (χ1) is 10.6. The number of amides is 1. The molecule has 4 nitrogen and oxygen atoms in total. The lowest BCUT2D eigenvalue weighted by Gasteiger charge is -2.17. The molecule has 0 radical (unpaired) electrons. The number of fused-ring (bicyclic) bond motifs is 1. The zero-order valence-electron chi connectivity index (χ0n) is 13.0. The van der Waals surface area contributed by atoms with Gasteiger partial charge in [-0.1, -0.05) is 56.3 Å². The Balaban J connectivity index is 1.88. The molecule has 0 aliphatic rings. The molecule has 1 amide bonds. The van der Waals surface area contributed by atoms with Crippen LogP contribution in [0.25, 0.3) is 10.8 Å². The third kappa shape index (κ3) is 4.45. The molecular weight excluding hydrogens is 296 g/mol. The van der Waals surface area contributed by atoms with Crippen molar-refractivity contribution in [2.75, 3.05) is 12.3 Å². The Kier molecular flexibility index (Phi) is 6.21. The highest BCUT2D eigenvalue weighted by molar-refractivity contribution is 8.00. The number of benzene rings is 1. The molecule has 2 unspecified atom stereocenters. The van der Waals surface area contributed by atoms with E-state index < -0.39 is 6.10 Å². The Morgan fingerprint density at radius 3 is 2.91 bits per heavy atom. The third-order valence-corrected chi connectivity index (χ3v) is 4.79. The van der Waals surface area contributed by atoms with E-state index >= 15 is 0 Å². The van der Waals surface area contributed by atoms with Crippen LogP contribution in [-0.2, 0) is 4.79 Å². The van der Waals surface area contributed by atoms with Gasteiger partial charge in [0.25, 0.3) is 0 Å². The number of pyridine rings is 1. The molecule has 0 saturated heterocycles. The van der Waals surface area contributed by atoms with E-state index in [-0.39, 0.29) is 11.8 Å². The summed E-state index contributed by atoms with van der Waals surface area (Å²) < 4.78 is 0. The van der Waals surface area contributed by atoms with Crippen molar-refractivity contribution in [2.24, 2.45) is 5.92 Å². The largest absolute Gasteiger partial charge is 0.391 e. The van der Waals surface area contributed by atoms with Crippen molar-refractivity contribution in [3.05, 3.63) is 36.5 Å². The average Bonchev–Trinajstić information content (AvgIpc) is 2.56. The van der Waals surface area contributed by atoms with Crippen molar-refractivity contribution >= 4 is 28.4 Å². The van der Waals surface area contributed by atoms with E-state index in [4.69, 9.17) is 0 Å². The van der Waals surface area contributed by atoms with Gasteiger partial charge in [0.15, 0.2) is 0 Å². The standard InChI is InChI=1S/C17H22N2O2S/c1-3-12(2)15(20)10-19-16(21)11-22-17-14-7-5-4-6-13(14)8-9-18-17/h4-9,12,15,20H,3,10-11H2,1-2H3,(H,19,21). The highest BCUT2D eigenvalue weighted by Crippen LogP contribution is 2.25. The number of nitrogens with one attached hydrogen (secondary N) is 1. The van der Waals surface area contributed by atoms with Crippen molar-refractivity contribution in [3.63, 3.8) is 0 Å². The minimum absolute atomic E-state index is 0.0814. The number of hydrogen-bond donors (Lipinski definition) is 2. The predicted molar refractivity (Wildman–Crippen MR) is 90.9 cm³/mol. The molecule has 118 valence electrons. The van der Waals surface area contributed by atoms with Gasteiger partial charge in [-0.2, -0.15) is 0 Å². The normalized spacial score (nSPS) is 13.8. The second-order valence-electron chi connectivity index (χ2n) is 5.38. The van der Waals surface area contributed by atoms with Gasteiger partial charge < -0.3 is 10.4 Å². The number of aromatic nitrogens is 1. The van der Waals surface area contributed by atoms with Crippen molar-refractivity contribution < 1.29 is 9.90 Å². The lowest BCUT2D eigenvalue weighted by Crippen LogP contribution is -2.36. The summed E-state index contributed by atoms with van der Waals surface area (Å²) in [6.45, 7) is 4.31. The maximum atomic E-state index is 11.9. The van der Waals surface area contributed by atoms with Crippen LogP contribution in [0, 0.1) is 5.92 Å². The minimum atomic E-state index is -0.491. The van der Waals surface area contributed by atoms with Crippen LogP contribution >= 0.6 is 11.8 Å². The van der Waals surface area contributed by atoms with Crippen LogP contribution in [0.4, 0.5) is 0 Å². The summed E-state index contributed by atoms with van der Waals surface area (Å²) in [4.78, 5) is 16.2. The highest BCUT2D eigenvalue weighted by atomic mass is 32.2. The van der Waals surface area contributed by atoms with Gasteiger partial charge in [-0.15, -0.1) is 0 Å². The summed E-state index contributed by atoms with van der Waals surface area (Å²) in [5.74, 6) is 0.406. The first kappa shape index (κ1) is 16.8. The quantitative estimate of drug-likeness (QED) is 0.771. The Hall–Kier alpha value is -1.59. The molecule has 1 aromatic carbocycles. The SMILES string of the molecule is CCC(C)C(O)CNC(=O)CSc1nccc2ccccc12. The van der Waals surface area contributed by atoms with Gasteiger partial charge in [-0.25, -0.2) is 4.98 Å².